The lowest BCUT2D eigenvalue weighted by atomic mass is 10.1. The highest BCUT2D eigenvalue weighted by Gasteiger charge is 2.51. The number of nitrogen functional groups attached to an aromatic ring is 2. The second-order valence-electron chi connectivity index (χ2n) is 10.1. The highest BCUT2D eigenvalue weighted by atomic mass is 32.7. The Hall–Kier alpha value is -2.81. The molecule has 0 saturated carbocycles. The highest BCUT2D eigenvalue weighted by Crippen LogP contribution is 2.57. The van der Waals surface area contributed by atoms with Gasteiger partial charge in [-0.15, -0.1) is 0 Å². The van der Waals surface area contributed by atoms with Gasteiger partial charge < -0.3 is 35.7 Å². The number of aliphatic hydroxyl groups is 2. The summed E-state index contributed by atoms with van der Waals surface area (Å²) in [5.74, 6) is 0.242. The van der Waals surface area contributed by atoms with E-state index in [9.17, 15) is 19.3 Å². The Kier molecular flexibility index (Phi) is 7.82. The molecule has 0 spiro atoms. The summed E-state index contributed by atoms with van der Waals surface area (Å²) in [6.45, 7) is -4.92. The van der Waals surface area contributed by atoms with E-state index in [1.54, 1.807) is 0 Å². The van der Waals surface area contributed by atoms with Crippen LogP contribution in [0.3, 0.4) is 0 Å². The maximum absolute atomic E-state index is 13.4. The zero-order valence-electron chi connectivity index (χ0n) is 22.3. The van der Waals surface area contributed by atoms with E-state index in [-0.39, 0.29) is 47.0 Å². The Bertz CT molecular complexity index is 1780. The van der Waals surface area contributed by atoms with E-state index in [0.717, 1.165) is 0 Å². The van der Waals surface area contributed by atoms with Crippen LogP contribution in [0.4, 0.5) is 11.6 Å². The Balaban J connectivity index is 1.15. The number of ether oxygens (including phenoxy) is 2. The summed E-state index contributed by atoms with van der Waals surface area (Å²) in [6, 6.07) is 0. The van der Waals surface area contributed by atoms with Gasteiger partial charge in [-0.3, -0.25) is 27.3 Å². The van der Waals surface area contributed by atoms with Crippen molar-refractivity contribution in [2.45, 2.75) is 55.5 Å². The monoisotopic (exact) mass is 672 g/mol. The van der Waals surface area contributed by atoms with Crippen molar-refractivity contribution in [2.75, 3.05) is 24.7 Å². The maximum Gasteiger partial charge on any atom is 0.386 e. The summed E-state index contributed by atoms with van der Waals surface area (Å²) < 4.78 is 63.7. The number of nitrogens with zero attached hydrogens (tertiary/aromatic N) is 8. The Labute approximate surface area is 252 Å². The molecule has 236 valence electrons. The molecule has 20 nitrogen and oxygen atoms in total. The molecule has 0 aliphatic carbocycles. The van der Waals surface area contributed by atoms with Gasteiger partial charge in [-0.05, 0) is 0 Å². The fraction of sp³-hybridized carbons (Fsp3) is 0.524. The number of thiol groups is 1. The number of rotatable bonds is 2. The van der Waals surface area contributed by atoms with Crippen LogP contribution in [-0.2, 0) is 36.7 Å². The molecule has 7 heterocycles. The van der Waals surface area contributed by atoms with Crippen molar-refractivity contribution >= 4 is 61.3 Å². The lowest BCUT2D eigenvalue weighted by molar-refractivity contribution is -0.0479. The summed E-state index contributed by atoms with van der Waals surface area (Å²) in [5, 5.41) is 22.4. The number of hydrogen-bond donors (Lipinski definition) is 5. The summed E-state index contributed by atoms with van der Waals surface area (Å²) in [6.07, 6.45) is -4.52. The smallest absolute Gasteiger partial charge is 0.386 e. The van der Waals surface area contributed by atoms with E-state index in [1.807, 2.05) is 0 Å². The van der Waals surface area contributed by atoms with Gasteiger partial charge in [0.1, 0.15) is 54.2 Å². The first kappa shape index (κ1) is 29.9. The predicted octanol–water partition coefficient (Wildman–Crippen LogP) is -0.0179. The predicted molar refractivity (Wildman–Crippen MR) is 151 cm³/mol. The van der Waals surface area contributed by atoms with Crippen LogP contribution in [-0.4, -0.2) is 99.1 Å². The molecule has 4 aromatic rings. The van der Waals surface area contributed by atoms with Crippen LogP contribution in [0.15, 0.2) is 25.3 Å². The summed E-state index contributed by atoms with van der Waals surface area (Å²) in [5.41, 5.74) is 12.9. The molecule has 0 radical (unpaired) electrons. The molecule has 44 heavy (non-hydrogen) atoms. The number of aliphatic hydroxyl groups excluding tert-OH is 2. The van der Waals surface area contributed by atoms with Crippen LogP contribution < -0.4 is 11.5 Å². The zero-order chi connectivity index (χ0) is 30.7. The Morgan fingerprint density at radius 3 is 2.16 bits per heavy atom. The standard InChI is InChI=1S/C21H26N10O10P2S/c22-16-10-18(26-4-24-16)30(6-28-10)20-13(33)14-8(38-20)1-2-36-42(34)40-15-12(32)9(3-37-43(35,44)41-14)39-21(15)31-7-29-11-17(23)25-5-27-19(11)31/h4-9,12-15,20-21,32-33,42H,1-3H2,(H,35,44)(H2,22,24,26)(H2,23,25,27)/t8-,9-,12-,13-,14-,15-,20-,21-,43-/m1/s1. The molecule has 3 aliphatic rings. The first-order valence-electron chi connectivity index (χ1n) is 13.1. The van der Waals surface area contributed by atoms with Gasteiger partial charge in [0.05, 0.1) is 32.0 Å². The second kappa shape index (κ2) is 11.5. The fourth-order valence-electron chi connectivity index (χ4n) is 5.39. The van der Waals surface area contributed by atoms with E-state index >= 15 is 0 Å². The van der Waals surface area contributed by atoms with Crippen LogP contribution >= 0.6 is 27.3 Å². The average molecular weight is 673 g/mol. The molecule has 10 atom stereocenters. The van der Waals surface area contributed by atoms with E-state index in [0.29, 0.717) is 0 Å². The largest absolute Gasteiger partial charge is 0.387 e. The van der Waals surface area contributed by atoms with Crippen LogP contribution in [0.1, 0.15) is 18.9 Å². The van der Waals surface area contributed by atoms with E-state index in [1.165, 1.54) is 34.4 Å². The van der Waals surface area contributed by atoms with E-state index in [4.69, 9.17) is 39.0 Å². The summed E-state index contributed by atoms with van der Waals surface area (Å²) in [4.78, 5) is 24.5. The van der Waals surface area contributed by atoms with Gasteiger partial charge in [-0.25, -0.2) is 34.5 Å². The minimum atomic E-state index is -4.23. The van der Waals surface area contributed by atoms with Crippen molar-refractivity contribution in [1.29, 1.82) is 0 Å². The van der Waals surface area contributed by atoms with Gasteiger partial charge in [0.2, 0.25) is 0 Å². The quantitative estimate of drug-likeness (QED) is 0.138. The molecule has 0 amide bonds. The third-order valence-corrected chi connectivity index (χ3v) is 9.98. The molecule has 1 unspecified atom stereocenters. The van der Waals surface area contributed by atoms with Crippen molar-refractivity contribution in [3.63, 3.8) is 0 Å². The van der Waals surface area contributed by atoms with Crippen LogP contribution in [0.25, 0.3) is 22.3 Å². The highest BCUT2D eigenvalue weighted by molar-refractivity contribution is 8.44. The number of fused-ring (bicyclic) bond motifs is 5. The minimum absolute atomic E-state index is 0.00759. The molecule has 6 N–H and O–H groups in total. The lowest BCUT2D eigenvalue weighted by Gasteiger charge is -2.25. The van der Waals surface area contributed by atoms with Gasteiger partial charge >= 0.3 is 15.1 Å². The molecule has 4 aromatic heterocycles. The zero-order valence-corrected chi connectivity index (χ0v) is 25.1. The van der Waals surface area contributed by atoms with Gasteiger partial charge in [0.25, 0.3) is 0 Å². The second-order valence-corrected chi connectivity index (χ2v) is 14.0. The van der Waals surface area contributed by atoms with Gasteiger partial charge in [-0.2, -0.15) is 0 Å². The summed E-state index contributed by atoms with van der Waals surface area (Å²) in [7, 11) is -3.24. The molecule has 3 aliphatic heterocycles. The molecule has 3 saturated heterocycles. The Morgan fingerprint density at radius 2 is 1.50 bits per heavy atom. The van der Waals surface area contributed by atoms with Crippen molar-refractivity contribution < 1.29 is 46.9 Å². The molecule has 3 fully saturated rings. The molecule has 23 heteroatoms. The van der Waals surface area contributed by atoms with Crippen molar-refractivity contribution in [3.8, 4) is 0 Å². The number of aromatic nitrogens is 8. The van der Waals surface area contributed by atoms with E-state index in [2.05, 4.69) is 42.2 Å². The number of hydrogen-bond acceptors (Lipinski definition) is 18. The fourth-order valence-corrected chi connectivity index (χ4v) is 7.71. The van der Waals surface area contributed by atoms with Crippen LogP contribution in [0, 0.1) is 0 Å². The summed E-state index contributed by atoms with van der Waals surface area (Å²) >= 11 is 4.10. The number of nitrogens with two attached hydrogens (primary N) is 2. The molecular weight excluding hydrogens is 646 g/mol. The minimum Gasteiger partial charge on any atom is -0.387 e. The van der Waals surface area contributed by atoms with Gasteiger partial charge in [0.15, 0.2) is 35.4 Å². The third-order valence-electron chi connectivity index (χ3n) is 7.46. The third kappa shape index (κ3) is 5.27. The van der Waals surface area contributed by atoms with Crippen molar-refractivity contribution in [3.05, 3.63) is 25.3 Å². The van der Waals surface area contributed by atoms with Gasteiger partial charge in [-0.1, -0.05) is 12.2 Å². The maximum atomic E-state index is 13.4. The van der Waals surface area contributed by atoms with Crippen molar-refractivity contribution in [2.24, 2.45) is 0 Å². The normalized spacial score (nSPS) is 36.8. The number of anilines is 2. The van der Waals surface area contributed by atoms with Crippen LogP contribution in [0.5, 0.6) is 0 Å². The average Bonchev–Trinajstić information content (AvgIpc) is 3.74. The molecule has 0 aromatic carbocycles. The lowest BCUT2D eigenvalue weighted by Crippen LogP contribution is -2.36. The van der Waals surface area contributed by atoms with Crippen molar-refractivity contribution in [1.82, 2.24) is 39.0 Å². The first-order valence-corrected chi connectivity index (χ1v) is 17.1. The van der Waals surface area contributed by atoms with Crippen LogP contribution in [0.2, 0.25) is 0 Å². The number of imidazole rings is 2. The molecule has 7 rings (SSSR count). The first-order chi connectivity index (χ1) is 21.1. The van der Waals surface area contributed by atoms with E-state index < -0.39 is 70.7 Å². The molecular formula is C21H26N10O10P2S. The Morgan fingerprint density at radius 1 is 0.886 bits per heavy atom. The SMILES string of the molecule is Nc1ncnc2c1ncn2[C@@H]1O[C@@H]2CCO[PH](=O)O[C@@H]3[C@H](O)[C@@H](CO[P@@](=O)(S)O[C@H]2[C@H]1O)O[C@H]3n1cnc2c(N)ncnc21. The molecule has 2 bridgehead atoms. The topological polar surface area (TPSA) is 269 Å². The van der Waals surface area contributed by atoms with Gasteiger partial charge in [0, 0.05) is 6.42 Å².